The van der Waals surface area contributed by atoms with Gasteiger partial charge in [0.1, 0.15) is 24.1 Å². The highest BCUT2D eigenvalue weighted by molar-refractivity contribution is 5.89. The van der Waals surface area contributed by atoms with Crippen LogP contribution in [-0.2, 0) is 57.5 Å². The van der Waals surface area contributed by atoms with Crippen LogP contribution < -0.4 is 20.7 Å². The molecule has 2 aliphatic rings. The molecule has 0 spiro atoms. The Balaban J connectivity index is 0.000000560. The second-order valence-electron chi connectivity index (χ2n) is 16.8. The average molecular weight is 965 g/mol. The van der Waals surface area contributed by atoms with Crippen LogP contribution >= 0.6 is 0 Å². The number of piperidine rings is 2. The molecule has 67 heavy (non-hydrogen) atoms. The molecule has 0 bridgehead atoms. The van der Waals surface area contributed by atoms with Gasteiger partial charge in [0.15, 0.2) is 0 Å². The van der Waals surface area contributed by atoms with Crippen LogP contribution in [0.1, 0.15) is 97.8 Å². The van der Waals surface area contributed by atoms with Crippen LogP contribution in [0.3, 0.4) is 0 Å². The molecule has 2 aliphatic heterocycles. The molecule has 3 N–H and O–H groups in total. The van der Waals surface area contributed by atoms with Gasteiger partial charge < -0.3 is 49.3 Å². The number of halogens is 6. The van der Waals surface area contributed by atoms with Crippen LogP contribution in [0.4, 0.5) is 26.3 Å². The molecule has 0 aliphatic carbocycles. The zero-order valence-corrected chi connectivity index (χ0v) is 40.7. The first kappa shape index (κ1) is 60.7. The molecular weight excluding hydrogens is 891 g/mol. The number of benzene rings is 2. The molecule has 13 nitrogen and oxygen atoms in total. The van der Waals surface area contributed by atoms with Gasteiger partial charge in [-0.2, -0.15) is 13.2 Å². The van der Waals surface area contributed by atoms with E-state index in [9.17, 15) is 45.5 Å². The van der Waals surface area contributed by atoms with E-state index < -0.39 is 42.4 Å². The van der Waals surface area contributed by atoms with E-state index in [1.54, 1.807) is 60.7 Å². The van der Waals surface area contributed by atoms with Gasteiger partial charge in [-0.05, 0) is 93.3 Å². The van der Waals surface area contributed by atoms with E-state index in [-0.39, 0.29) is 54.4 Å². The van der Waals surface area contributed by atoms with Gasteiger partial charge in [0, 0.05) is 45.7 Å². The lowest BCUT2D eigenvalue weighted by Crippen LogP contribution is -2.56. The van der Waals surface area contributed by atoms with Gasteiger partial charge in [-0.3, -0.25) is 14.4 Å². The largest absolute Gasteiger partial charge is 0.573 e. The second-order valence-corrected chi connectivity index (χ2v) is 16.8. The molecule has 6 unspecified atom stereocenters. The number of carbonyl (C=O) groups excluding carboxylic acids is 4. The predicted molar refractivity (Wildman–Crippen MR) is 243 cm³/mol. The van der Waals surface area contributed by atoms with Gasteiger partial charge in [0.2, 0.25) is 17.7 Å². The number of alkyl halides is 6. The van der Waals surface area contributed by atoms with Crippen molar-refractivity contribution < 1.29 is 69.2 Å². The van der Waals surface area contributed by atoms with Gasteiger partial charge in [0.05, 0.1) is 44.2 Å². The Morgan fingerprint density at radius 1 is 0.746 bits per heavy atom. The van der Waals surface area contributed by atoms with E-state index >= 15 is 0 Å². The number of hydrogen-bond donors (Lipinski definition) is 3. The van der Waals surface area contributed by atoms with Crippen LogP contribution in [0.2, 0.25) is 0 Å². The molecule has 2 saturated heterocycles. The summed E-state index contributed by atoms with van der Waals surface area (Å²) in [5, 5.41) is 8.69. The highest BCUT2D eigenvalue weighted by Crippen LogP contribution is 2.29. The maximum Gasteiger partial charge on any atom is 0.573 e. The molecule has 2 aromatic rings. The van der Waals surface area contributed by atoms with Crippen molar-refractivity contribution in [3.05, 3.63) is 65.2 Å². The zero-order valence-electron chi connectivity index (χ0n) is 40.7. The van der Waals surface area contributed by atoms with Gasteiger partial charge in [-0.25, -0.2) is 0 Å². The maximum absolute atomic E-state index is 13.3. The molecule has 19 heteroatoms. The monoisotopic (exact) mass is 965 g/mol. The van der Waals surface area contributed by atoms with Crippen molar-refractivity contribution in [2.24, 2.45) is 23.7 Å². The number of likely N-dealkylation sites (tertiary alicyclic amines) is 1. The Hall–Kier alpha value is -4.30. The summed E-state index contributed by atoms with van der Waals surface area (Å²) in [5.41, 5.74) is 0.419. The molecule has 2 fully saturated rings. The van der Waals surface area contributed by atoms with Crippen LogP contribution in [0, 0.1) is 23.7 Å². The Bertz CT molecular complexity index is 1690. The third kappa shape index (κ3) is 24.5. The van der Waals surface area contributed by atoms with Crippen molar-refractivity contribution in [3.63, 3.8) is 0 Å². The fourth-order valence-corrected chi connectivity index (χ4v) is 6.66. The van der Waals surface area contributed by atoms with E-state index in [0.717, 1.165) is 44.0 Å². The van der Waals surface area contributed by atoms with Crippen LogP contribution in [-0.4, -0.2) is 113 Å². The van der Waals surface area contributed by atoms with E-state index in [1.807, 2.05) is 13.8 Å². The number of carbonyl (C=O) groups is 4. The van der Waals surface area contributed by atoms with Gasteiger partial charge in [-0.15, -0.1) is 13.2 Å². The first-order valence-electron chi connectivity index (χ1n) is 22.9. The molecule has 0 aromatic heterocycles. The number of methoxy groups -OCH3 is 2. The Morgan fingerprint density at radius 2 is 1.25 bits per heavy atom. The average Bonchev–Trinajstić information content (AvgIpc) is 3.29. The fourth-order valence-electron chi connectivity index (χ4n) is 6.66. The number of nitrogens with one attached hydrogen (secondary N) is 3. The van der Waals surface area contributed by atoms with Crippen molar-refractivity contribution in [3.8, 4) is 5.75 Å². The normalized spacial score (nSPS) is 18.0. The van der Waals surface area contributed by atoms with Crippen molar-refractivity contribution in [2.75, 3.05) is 53.6 Å². The molecular formula is C48H74F6N4O9. The van der Waals surface area contributed by atoms with E-state index in [0.29, 0.717) is 37.1 Å². The fraction of sp³-hybridized carbons (Fsp3) is 0.667. The highest BCUT2D eigenvalue weighted by Gasteiger charge is 2.35. The molecule has 0 saturated carbocycles. The minimum absolute atomic E-state index is 0.0208. The van der Waals surface area contributed by atoms with Crippen LogP contribution in [0.25, 0.3) is 0 Å². The second kappa shape index (κ2) is 31.7. The molecule has 2 aromatic carbocycles. The molecule has 6 atom stereocenters. The number of nitrogens with zero attached hydrogens (tertiary/aromatic N) is 1. The van der Waals surface area contributed by atoms with E-state index in [2.05, 4.69) is 20.7 Å². The van der Waals surface area contributed by atoms with Crippen molar-refractivity contribution in [2.45, 2.75) is 131 Å². The predicted octanol–water partition coefficient (Wildman–Crippen LogP) is 8.12. The topological polar surface area (TPSA) is 154 Å². The van der Waals surface area contributed by atoms with E-state index in [4.69, 9.17) is 18.9 Å². The lowest BCUT2D eigenvalue weighted by atomic mass is 9.97. The third-order valence-electron chi connectivity index (χ3n) is 10.5. The standard InChI is InChI=1S/C23H33F3N2O4.C16H20F3NO4.C7H15NO.C2H6/c1-15(2)21(29)27-20(22(30)28-11-5-6-18(12-28)13-31-4)16(3)32-14-17-7-9-19(10-8-17)23(24,25)26;1-10(2)15(22)20-14(8-21)11(3)23-9-12-4-6-13(7-5-12)24-16(17,18)19;1-9-6-7-3-2-4-8-5-7;1-2/h7-10,15-16,18,20H,5-6,11-14H2,1-4H3,(H,27,29);4-8,10-11,14H,9H2,1-3H3,(H,20,22);7-8H,2-6H2,1H3;1-2H3. The lowest BCUT2D eigenvalue weighted by Gasteiger charge is -2.36. The molecule has 4 rings (SSSR count). The summed E-state index contributed by atoms with van der Waals surface area (Å²) in [6.07, 6.45) is -5.34. The first-order chi connectivity index (χ1) is 31.6. The van der Waals surface area contributed by atoms with Crippen LogP contribution in [0.15, 0.2) is 48.5 Å². The Labute approximate surface area is 392 Å². The summed E-state index contributed by atoms with van der Waals surface area (Å²) < 4.78 is 99.8. The number of amides is 3. The summed E-state index contributed by atoms with van der Waals surface area (Å²) in [6, 6.07) is 8.20. The van der Waals surface area contributed by atoms with Crippen molar-refractivity contribution in [1.29, 1.82) is 0 Å². The van der Waals surface area contributed by atoms with Crippen molar-refractivity contribution in [1.82, 2.24) is 20.9 Å². The number of rotatable bonds is 19. The quantitative estimate of drug-likeness (QED) is 0.0930. The van der Waals surface area contributed by atoms with Crippen LogP contribution in [0.5, 0.6) is 5.75 Å². The molecule has 0 radical (unpaired) electrons. The molecule has 2 heterocycles. The van der Waals surface area contributed by atoms with E-state index in [1.165, 1.54) is 55.8 Å². The Kier molecular flexibility index (Phi) is 28.7. The maximum atomic E-state index is 13.3. The van der Waals surface area contributed by atoms with Gasteiger partial charge in [0.25, 0.3) is 0 Å². The van der Waals surface area contributed by atoms with Gasteiger partial charge in [-0.1, -0.05) is 65.8 Å². The third-order valence-corrected chi connectivity index (χ3v) is 10.5. The van der Waals surface area contributed by atoms with Gasteiger partial charge >= 0.3 is 12.5 Å². The highest BCUT2D eigenvalue weighted by atomic mass is 19.4. The smallest absolute Gasteiger partial charge is 0.406 e. The SMILES string of the molecule is CC.CC(C)C(=O)NC(C=O)C(C)OCc1ccc(OC(F)(F)F)cc1.COCC1CCCN(C(=O)C(NC(=O)C(C)C)C(C)OCc2ccc(C(F)(F)F)cc2)C1.COCC1CCCNC1. The summed E-state index contributed by atoms with van der Waals surface area (Å²) in [6.45, 7) is 19.3. The minimum atomic E-state index is -4.74. The lowest BCUT2D eigenvalue weighted by molar-refractivity contribution is -0.274. The molecule has 382 valence electrons. The summed E-state index contributed by atoms with van der Waals surface area (Å²) >= 11 is 0. The first-order valence-corrected chi connectivity index (χ1v) is 22.9. The summed E-state index contributed by atoms with van der Waals surface area (Å²) in [7, 11) is 3.40. The zero-order chi connectivity index (χ0) is 50.7. The number of ether oxygens (including phenoxy) is 5. The molecule has 3 amide bonds. The number of hydrogen-bond acceptors (Lipinski definition) is 10. The number of aldehydes is 1. The Morgan fingerprint density at radius 3 is 1.73 bits per heavy atom. The summed E-state index contributed by atoms with van der Waals surface area (Å²) in [5.74, 6) is -0.647. The van der Waals surface area contributed by atoms with Crippen molar-refractivity contribution >= 4 is 24.0 Å². The summed E-state index contributed by atoms with van der Waals surface area (Å²) in [4.78, 5) is 50.1. The minimum Gasteiger partial charge on any atom is -0.406 e.